The van der Waals surface area contributed by atoms with Crippen molar-refractivity contribution in [2.24, 2.45) is 0 Å². The predicted octanol–water partition coefficient (Wildman–Crippen LogP) is 12.4. The summed E-state index contributed by atoms with van der Waals surface area (Å²) in [4.78, 5) is 19.2. The fourth-order valence-electron chi connectivity index (χ4n) is 7.39. The molecule has 55 heavy (non-hydrogen) atoms. The van der Waals surface area contributed by atoms with Crippen molar-refractivity contribution in [3.8, 4) is 73.2 Å². The van der Waals surface area contributed by atoms with Crippen molar-refractivity contribution in [2.45, 2.75) is 0 Å². The van der Waals surface area contributed by atoms with Crippen molar-refractivity contribution < 1.29 is 0 Å². The second-order valence-corrected chi connectivity index (χ2v) is 13.6. The molecule has 7 aromatic carbocycles. The van der Waals surface area contributed by atoms with E-state index < -0.39 is 0 Å². The SMILES string of the molecule is c1ccc(-c2nc(-c3ccc(-c4cccnc4)cc3)nc(-c3cccc(-c4ccc(-c5ccc6c7ccccc7n(-c7ccccc7)c6c5)cc4)c3)n2)cc1. The van der Waals surface area contributed by atoms with E-state index in [1.807, 2.05) is 42.6 Å². The van der Waals surface area contributed by atoms with Gasteiger partial charge in [0.05, 0.1) is 11.0 Å². The van der Waals surface area contributed by atoms with Gasteiger partial charge in [0.25, 0.3) is 0 Å². The quantitative estimate of drug-likeness (QED) is 0.166. The van der Waals surface area contributed by atoms with Crippen molar-refractivity contribution in [3.63, 3.8) is 0 Å². The number of benzene rings is 7. The predicted molar refractivity (Wildman–Crippen MR) is 225 cm³/mol. The van der Waals surface area contributed by atoms with E-state index >= 15 is 0 Å². The largest absolute Gasteiger partial charge is 0.309 e. The van der Waals surface area contributed by atoms with Crippen molar-refractivity contribution in [2.75, 3.05) is 0 Å². The fourth-order valence-corrected chi connectivity index (χ4v) is 7.39. The van der Waals surface area contributed by atoms with E-state index in [4.69, 9.17) is 15.0 Å². The topological polar surface area (TPSA) is 56.5 Å². The van der Waals surface area contributed by atoms with Crippen molar-refractivity contribution in [1.29, 1.82) is 0 Å². The zero-order valence-electron chi connectivity index (χ0n) is 29.8. The molecule has 3 heterocycles. The monoisotopic (exact) mass is 703 g/mol. The molecule has 10 rings (SSSR count). The van der Waals surface area contributed by atoms with Gasteiger partial charge in [-0.2, -0.15) is 0 Å². The third-order valence-corrected chi connectivity index (χ3v) is 10.2. The first-order valence-corrected chi connectivity index (χ1v) is 18.4. The zero-order chi connectivity index (χ0) is 36.6. The van der Waals surface area contributed by atoms with Gasteiger partial charge in [-0.15, -0.1) is 0 Å². The lowest BCUT2D eigenvalue weighted by molar-refractivity contribution is 1.07. The molecule has 5 nitrogen and oxygen atoms in total. The van der Waals surface area contributed by atoms with E-state index in [9.17, 15) is 0 Å². The Kier molecular flexibility index (Phi) is 8.08. The highest BCUT2D eigenvalue weighted by atomic mass is 15.0. The maximum Gasteiger partial charge on any atom is 0.164 e. The first kappa shape index (κ1) is 32.2. The van der Waals surface area contributed by atoms with Gasteiger partial charge in [-0.3, -0.25) is 4.98 Å². The Balaban J connectivity index is 0.998. The van der Waals surface area contributed by atoms with Crippen LogP contribution in [0.5, 0.6) is 0 Å². The molecule has 0 radical (unpaired) electrons. The molecule has 0 fully saturated rings. The minimum atomic E-state index is 0.625. The van der Waals surface area contributed by atoms with Gasteiger partial charge in [0.1, 0.15) is 0 Å². The smallest absolute Gasteiger partial charge is 0.164 e. The molecule has 0 aliphatic rings. The summed E-state index contributed by atoms with van der Waals surface area (Å²) < 4.78 is 2.36. The standard InChI is InChI=1S/C50H33N5/c1-3-11-37(12-4-1)48-52-49(38-26-24-36(25-27-38)42-15-10-30-51-33-42)54-50(53-48)41-14-9-13-39(31-41)34-20-22-35(23-21-34)40-28-29-45-44-18-7-8-19-46(44)55(47(45)32-40)43-16-5-2-6-17-43/h1-33H. The highest BCUT2D eigenvalue weighted by molar-refractivity contribution is 6.10. The Morgan fingerprint density at radius 2 is 0.800 bits per heavy atom. The number of hydrogen-bond donors (Lipinski definition) is 0. The number of pyridine rings is 1. The van der Waals surface area contributed by atoms with Gasteiger partial charge in [-0.25, -0.2) is 15.0 Å². The maximum atomic E-state index is 5.02. The molecule has 10 aromatic rings. The zero-order valence-corrected chi connectivity index (χ0v) is 29.8. The van der Waals surface area contributed by atoms with Crippen LogP contribution in [0.2, 0.25) is 0 Å². The lowest BCUT2D eigenvalue weighted by atomic mass is 9.98. The first-order chi connectivity index (χ1) is 27.2. The Bertz CT molecular complexity index is 2940. The molecule has 0 saturated carbocycles. The molecule has 0 amide bonds. The van der Waals surface area contributed by atoms with Gasteiger partial charge >= 0.3 is 0 Å². The van der Waals surface area contributed by atoms with E-state index in [0.29, 0.717) is 17.5 Å². The summed E-state index contributed by atoms with van der Waals surface area (Å²) in [6, 6.07) is 65.7. The molecule has 0 atom stereocenters. The molecule has 0 spiro atoms. The van der Waals surface area contributed by atoms with Crippen LogP contribution in [0.25, 0.3) is 95.0 Å². The molecule has 0 unspecified atom stereocenters. The maximum absolute atomic E-state index is 5.02. The third-order valence-electron chi connectivity index (χ3n) is 10.2. The van der Waals surface area contributed by atoms with Gasteiger partial charge in [0.15, 0.2) is 17.5 Å². The van der Waals surface area contributed by atoms with Gasteiger partial charge < -0.3 is 4.57 Å². The van der Waals surface area contributed by atoms with E-state index in [0.717, 1.165) is 50.2 Å². The van der Waals surface area contributed by atoms with E-state index in [2.05, 4.69) is 161 Å². The summed E-state index contributed by atoms with van der Waals surface area (Å²) in [7, 11) is 0. The number of hydrogen-bond acceptors (Lipinski definition) is 4. The van der Waals surface area contributed by atoms with Crippen LogP contribution >= 0.6 is 0 Å². The van der Waals surface area contributed by atoms with Crippen LogP contribution in [0, 0.1) is 0 Å². The molecule has 0 saturated heterocycles. The first-order valence-electron chi connectivity index (χ1n) is 18.4. The van der Waals surface area contributed by atoms with Crippen LogP contribution in [0.1, 0.15) is 0 Å². The molecule has 258 valence electrons. The van der Waals surface area contributed by atoms with E-state index in [1.54, 1.807) is 6.20 Å². The minimum absolute atomic E-state index is 0.625. The molecule has 0 aliphatic carbocycles. The summed E-state index contributed by atoms with van der Waals surface area (Å²) in [6.45, 7) is 0. The molecular weight excluding hydrogens is 671 g/mol. The molecule has 0 N–H and O–H groups in total. The normalized spacial score (nSPS) is 11.3. The van der Waals surface area contributed by atoms with Crippen molar-refractivity contribution in [3.05, 3.63) is 200 Å². The van der Waals surface area contributed by atoms with Crippen LogP contribution in [0.3, 0.4) is 0 Å². The Hall–Kier alpha value is -7.50. The average molecular weight is 704 g/mol. The van der Waals surface area contributed by atoms with Gasteiger partial charge in [0, 0.05) is 45.5 Å². The molecule has 0 aliphatic heterocycles. The number of fused-ring (bicyclic) bond motifs is 3. The van der Waals surface area contributed by atoms with Crippen LogP contribution in [-0.4, -0.2) is 24.5 Å². The van der Waals surface area contributed by atoms with Crippen LogP contribution in [-0.2, 0) is 0 Å². The van der Waals surface area contributed by atoms with Crippen LogP contribution in [0.15, 0.2) is 200 Å². The number of para-hydroxylation sites is 2. The second kappa shape index (κ2) is 13.8. The van der Waals surface area contributed by atoms with E-state index in [1.165, 1.54) is 27.4 Å². The summed E-state index contributed by atoms with van der Waals surface area (Å²) in [5, 5.41) is 2.50. The van der Waals surface area contributed by atoms with Crippen molar-refractivity contribution in [1.82, 2.24) is 24.5 Å². The van der Waals surface area contributed by atoms with Crippen LogP contribution < -0.4 is 0 Å². The van der Waals surface area contributed by atoms with Crippen LogP contribution in [0.4, 0.5) is 0 Å². The highest BCUT2D eigenvalue weighted by Crippen LogP contribution is 2.36. The molecule has 5 heteroatoms. The summed E-state index contributed by atoms with van der Waals surface area (Å²) in [5.74, 6) is 1.88. The lowest BCUT2D eigenvalue weighted by Crippen LogP contribution is -2.00. The minimum Gasteiger partial charge on any atom is -0.309 e. The highest BCUT2D eigenvalue weighted by Gasteiger charge is 2.15. The summed E-state index contributed by atoms with van der Waals surface area (Å²) in [6.07, 6.45) is 3.66. The second-order valence-electron chi connectivity index (χ2n) is 13.6. The molecule has 0 bridgehead atoms. The Morgan fingerprint density at radius 3 is 1.49 bits per heavy atom. The summed E-state index contributed by atoms with van der Waals surface area (Å²) in [5.41, 5.74) is 13.0. The number of aromatic nitrogens is 5. The third kappa shape index (κ3) is 6.14. The summed E-state index contributed by atoms with van der Waals surface area (Å²) >= 11 is 0. The number of rotatable bonds is 7. The van der Waals surface area contributed by atoms with Crippen molar-refractivity contribution >= 4 is 21.8 Å². The Labute approximate surface area is 318 Å². The van der Waals surface area contributed by atoms with Gasteiger partial charge in [0.2, 0.25) is 0 Å². The Morgan fingerprint density at radius 1 is 0.309 bits per heavy atom. The van der Waals surface area contributed by atoms with Gasteiger partial charge in [-0.05, 0) is 69.8 Å². The van der Waals surface area contributed by atoms with E-state index in [-0.39, 0.29) is 0 Å². The number of nitrogens with zero attached hydrogens (tertiary/aromatic N) is 5. The molecular formula is C50H33N5. The molecule has 3 aromatic heterocycles. The lowest BCUT2D eigenvalue weighted by Gasteiger charge is -2.11. The average Bonchev–Trinajstić information content (AvgIpc) is 3.61. The fraction of sp³-hybridized carbons (Fsp3) is 0. The van der Waals surface area contributed by atoms with Gasteiger partial charge in [-0.1, -0.05) is 152 Å².